The summed E-state index contributed by atoms with van der Waals surface area (Å²) in [7, 11) is 3.85. The number of amides is 1. The highest BCUT2D eigenvalue weighted by atomic mass is 127. The highest BCUT2D eigenvalue weighted by molar-refractivity contribution is 14.1. The van der Waals surface area contributed by atoms with Gasteiger partial charge in [-0.25, -0.2) is 14.6 Å². The Morgan fingerprint density at radius 1 is 1.34 bits per heavy atom. The monoisotopic (exact) mass is 503 g/mol. The molecule has 1 aliphatic carbocycles. The molecule has 8 nitrogen and oxygen atoms in total. The maximum atomic E-state index is 12.6. The van der Waals surface area contributed by atoms with E-state index >= 15 is 0 Å². The molecule has 0 spiro atoms. The van der Waals surface area contributed by atoms with Gasteiger partial charge in [0.15, 0.2) is 5.65 Å². The number of halogens is 1. The second kappa shape index (κ2) is 8.07. The zero-order valence-corrected chi connectivity index (χ0v) is 18.4. The minimum atomic E-state index is -0.0715. The Hall–Kier alpha value is -2.53. The summed E-state index contributed by atoms with van der Waals surface area (Å²) in [5.41, 5.74) is 8.19. The summed E-state index contributed by atoms with van der Waals surface area (Å²) in [5.74, 6) is 0.327. The first-order chi connectivity index (χ1) is 14.0. The van der Waals surface area contributed by atoms with Crippen LogP contribution in [0, 0.1) is 3.70 Å². The molecular formula is C20H22IN7O. The summed E-state index contributed by atoms with van der Waals surface area (Å²) in [6.07, 6.45) is 7.48. The van der Waals surface area contributed by atoms with E-state index in [1.165, 1.54) is 19.2 Å². The fourth-order valence-electron chi connectivity index (χ4n) is 3.17. The molecule has 1 amide bonds. The Morgan fingerprint density at radius 3 is 2.90 bits per heavy atom. The molecule has 0 saturated heterocycles. The lowest BCUT2D eigenvalue weighted by Gasteiger charge is -2.17. The van der Waals surface area contributed by atoms with E-state index in [4.69, 9.17) is 5.73 Å². The van der Waals surface area contributed by atoms with Crippen LogP contribution >= 0.6 is 22.6 Å². The van der Waals surface area contributed by atoms with Crippen LogP contribution in [0.4, 0.5) is 11.5 Å². The number of nitrogens with two attached hydrogens (primary N) is 1. The summed E-state index contributed by atoms with van der Waals surface area (Å²) in [6.45, 7) is 0.781. The van der Waals surface area contributed by atoms with Crippen molar-refractivity contribution in [2.45, 2.75) is 18.9 Å². The average molecular weight is 503 g/mol. The Balaban J connectivity index is 1.56. The van der Waals surface area contributed by atoms with Crippen LogP contribution in [0.3, 0.4) is 0 Å². The largest absolute Gasteiger partial charge is 0.383 e. The van der Waals surface area contributed by atoms with Gasteiger partial charge in [0.1, 0.15) is 15.8 Å². The number of fused-ring (bicyclic) bond motifs is 1. The number of anilines is 2. The zero-order chi connectivity index (χ0) is 20.5. The van der Waals surface area contributed by atoms with E-state index in [1.807, 2.05) is 30.3 Å². The van der Waals surface area contributed by atoms with Gasteiger partial charge >= 0.3 is 0 Å². The molecule has 0 aliphatic heterocycles. The summed E-state index contributed by atoms with van der Waals surface area (Å²) >= 11 is 2.12. The van der Waals surface area contributed by atoms with Crippen molar-refractivity contribution in [2.24, 2.45) is 0 Å². The minimum Gasteiger partial charge on any atom is -0.383 e. The van der Waals surface area contributed by atoms with Gasteiger partial charge in [0.05, 0.1) is 11.1 Å². The van der Waals surface area contributed by atoms with Crippen LogP contribution in [0.15, 0.2) is 42.7 Å². The van der Waals surface area contributed by atoms with Gasteiger partial charge in [-0.05, 0) is 60.7 Å². The molecule has 1 aliphatic rings. The summed E-state index contributed by atoms with van der Waals surface area (Å²) in [6, 6.07) is 8.29. The van der Waals surface area contributed by atoms with Crippen molar-refractivity contribution >= 4 is 51.0 Å². The first-order valence-electron chi connectivity index (χ1n) is 9.35. The van der Waals surface area contributed by atoms with E-state index in [2.05, 4.69) is 49.6 Å². The molecule has 0 bridgehead atoms. The number of nitrogens with zero attached hydrogens (tertiary/aromatic N) is 6. The van der Waals surface area contributed by atoms with E-state index < -0.39 is 0 Å². The van der Waals surface area contributed by atoms with Crippen LogP contribution in [0.2, 0.25) is 0 Å². The van der Waals surface area contributed by atoms with Crippen molar-refractivity contribution in [3.63, 3.8) is 0 Å². The molecule has 2 N–H and O–H groups in total. The van der Waals surface area contributed by atoms with Crippen molar-refractivity contribution in [1.82, 2.24) is 24.6 Å². The van der Waals surface area contributed by atoms with E-state index in [0.29, 0.717) is 17.5 Å². The molecule has 150 valence electrons. The number of likely N-dealkylation sites (N-methyl/N-ethyl adjacent to an activating group) is 2. The normalized spacial score (nSPS) is 14.2. The predicted molar refractivity (Wildman–Crippen MR) is 122 cm³/mol. The van der Waals surface area contributed by atoms with E-state index in [1.54, 1.807) is 22.7 Å². The van der Waals surface area contributed by atoms with Gasteiger partial charge in [-0.3, -0.25) is 9.69 Å². The highest BCUT2D eigenvalue weighted by Crippen LogP contribution is 2.27. The molecule has 0 atom stereocenters. The fourth-order valence-corrected chi connectivity index (χ4v) is 3.90. The van der Waals surface area contributed by atoms with Gasteiger partial charge in [-0.15, -0.1) is 0 Å². The van der Waals surface area contributed by atoms with Gasteiger partial charge in [0.25, 0.3) is 0 Å². The number of rotatable bonds is 6. The van der Waals surface area contributed by atoms with E-state index in [-0.39, 0.29) is 5.91 Å². The lowest BCUT2D eigenvalue weighted by molar-refractivity contribution is -0.113. The third kappa shape index (κ3) is 4.10. The van der Waals surface area contributed by atoms with Crippen LogP contribution in [0.1, 0.15) is 12.8 Å². The molecule has 2 heterocycles. The maximum absolute atomic E-state index is 12.6. The summed E-state index contributed by atoms with van der Waals surface area (Å²) in [5, 5.41) is 5.28. The lowest BCUT2D eigenvalue weighted by atomic mass is 10.2. The molecule has 4 rings (SSSR count). The SMILES string of the molecule is CN(C(=O)C=CCN(C)C1CC1)c1cccc(-n2nc(I)c3c(N)ncnc32)c1. The molecule has 2 aromatic heterocycles. The molecule has 1 saturated carbocycles. The smallest absolute Gasteiger partial charge is 0.250 e. The molecule has 3 aromatic rings. The molecule has 1 aromatic carbocycles. The number of carbonyl (C=O) groups is 1. The number of hydrogen-bond donors (Lipinski definition) is 1. The van der Waals surface area contributed by atoms with Crippen LogP contribution in [0.5, 0.6) is 0 Å². The topological polar surface area (TPSA) is 93.2 Å². The van der Waals surface area contributed by atoms with Gasteiger partial charge < -0.3 is 10.6 Å². The van der Waals surface area contributed by atoms with Crippen LogP contribution in [-0.2, 0) is 4.79 Å². The third-order valence-electron chi connectivity index (χ3n) is 5.07. The minimum absolute atomic E-state index is 0.0715. The average Bonchev–Trinajstić information content (AvgIpc) is 3.51. The van der Waals surface area contributed by atoms with Crippen molar-refractivity contribution in [2.75, 3.05) is 31.3 Å². The standard InChI is InChI=1S/C20H22IN7O/c1-26(13-8-9-13)10-4-7-16(29)27(2)14-5-3-6-15(11-14)28-20-17(18(21)25-28)19(22)23-12-24-20/h3-7,11-13H,8-10H2,1-2H3,(H2,22,23,24). The Kier molecular flexibility index (Phi) is 5.50. The summed E-state index contributed by atoms with van der Waals surface area (Å²) < 4.78 is 2.45. The zero-order valence-electron chi connectivity index (χ0n) is 16.3. The number of aromatic nitrogens is 4. The highest BCUT2D eigenvalue weighted by Gasteiger charge is 2.25. The van der Waals surface area contributed by atoms with Crippen molar-refractivity contribution in [1.29, 1.82) is 0 Å². The first-order valence-corrected chi connectivity index (χ1v) is 10.4. The van der Waals surface area contributed by atoms with Crippen LogP contribution in [-0.4, -0.2) is 57.2 Å². The number of carbonyl (C=O) groups excluding carboxylic acids is 1. The Bertz CT molecular complexity index is 1090. The van der Waals surface area contributed by atoms with Crippen molar-refractivity contribution in [3.8, 4) is 5.69 Å². The second-order valence-corrected chi connectivity index (χ2v) is 8.17. The second-order valence-electron chi connectivity index (χ2n) is 7.15. The first kappa shape index (κ1) is 19.8. The van der Waals surface area contributed by atoms with Gasteiger partial charge in [-0.1, -0.05) is 12.1 Å². The Morgan fingerprint density at radius 2 is 2.14 bits per heavy atom. The number of hydrogen-bond acceptors (Lipinski definition) is 6. The van der Waals surface area contributed by atoms with Gasteiger partial charge in [0, 0.05) is 31.4 Å². The van der Waals surface area contributed by atoms with Gasteiger partial charge in [-0.2, -0.15) is 5.10 Å². The fraction of sp³-hybridized carbons (Fsp3) is 0.300. The maximum Gasteiger partial charge on any atom is 0.250 e. The third-order valence-corrected chi connectivity index (χ3v) is 5.82. The molecule has 29 heavy (non-hydrogen) atoms. The van der Waals surface area contributed by atoms with Crippen molar-refractivity contribution < 1.29 is 4.79 Å². The molecular weight excluding hydrogens is 481 g/mol. The molecule has 1 fully saturated rings. The Labute approximate surface area is 182 Å². The quantitative estimate of drug-likeness (QED) is 0.411. The predicted octanol–water partition coefficient (Wildman–Crippen LogP) is 2.62. The van der Waals surface area contributed by atoms with Crippen molar-refractivity contribution in [3.05, 3.63) is 46.4 Å². The molecule has 9 heteroatoms. The molecule has 0 radical (unpaired) electrons. The van der Waals surface area contributed by atoms with Gasteiger partial charge in [0.2, 0.25) is 5.91 Å². The van der Waals surface area contributed by atoms with E-state index in [9.17, 15) is 4.79 Å². The molecule has 0 unspecified atom stereocenters. The van der Waals surface area contributed by atoms with Crippen LogP contribution in [0.25, 0.3) is 16.7 Å². The lowest BCUT2D eigenvalue weighted by Crippen LogP contribution is -2.25. The van der Waals surface area contributed by atoms with E-state index in [0.717, 1.165) is 27.0 Å². The number of benzene rings is 1. The summed E-state index contributed by atoms with van der Waals surface area (Å²) in [4.78, 5) is 24.8. The van der Waals surface area contributed by atoms with Crippen LogP contribution < -0.4 is 10.6 Å². The number of nitrogen functional groups attached to an aromatic ring is 1.